The summed E-state index contributed by atoms with van der Waals surface area (Å²) in [6, 6.07) is 11.2. The molecule has 0 heterocycles. The second kappa shape index (κ2) is 6.82. The van der Waals surface area contributed by atoms with Gasteiger partial charge in [0, 0.05) is 22.2 Å². The minimum Gasteiger partial charge on any atom is -0.267 e. The standard InChI is InChI=1S/C15H12ClN3O3/c1-10-2-5-12(8-14(10)19(21)22)15(20)18-17-9-11-3-6-13(16)7-4-11/h2-9H,1H3,(H,18,20)/b17-9-. The number of carbonyl (C=O) groups excluding carboxylic acids is 1. The zero-order valence-electron chi connectivity index (χ0n) is 11.6. The minimum atomic E-state index is -0.525. The Bertz CT molecular complexity index is 742. The number of amides is 1. The van der Waals surface area contributed by atoms with Crippen LogP contribution in [0.2, 0.25) is 5.02 Å². The van der Waals surface area contributed by atoms with E-state index in [1.165, 1.54) is 24.4 Å². The SMILES string of the molecule is Cc1ccc(C(=O)N/N=C\c2ccc(Cl)cc2)cc1[N+](=O)[O-]. The molecule has 0 fully saturated rings. The van der Waals surface area contributed by atoms with E-state index < -0.39 is 10.8 Å². The van der Waals surface area contributed by atoms with Gasteiger partial charge in [0.15, 0.2) is 0 Å². The van der Waals surface area contributed by atoms with Crippen molar-refractivity contribution in [2.24, 2.45) is 5.10 Å². The third-order valence-corrected chi connectivity index (χ3v) is 3.17. The molecule has 22 heavy (non-hydrogen) atoms. The molecule has 0 aliphatic heterocycles. The van der Waals surface area contributed by atoms with Gasteiger partial charge in [-0.3, -0.25) is 14.9 Å². The number of nitro benzene ring substituents is 1. The molecular weight excluding hydrogens is 306 g/mol. The molecule has 6 nitrogen and oxygen atoms in total. The zero-order valence-corrected chi connectivity index (χ0v) is 12.4. The van der Waals surface area contributed by atoms with Crippen molar-refractivity contribution in [1.82, 2.24) is 5.43 Å². The Morgan fingerprint density at radius 3 is 2.59 bits per heavy atom. The maximum absolute atomic E-state index is 11.9. The molecule has 112 valence electrons. The summed E-state index contributed by atoms with van der Waals surface area (Å²) in [6.07, 6.45) is 1.46. The van der Waals surface area contributed by atoms with E-state index in [1.807, 2.05) is 0 Å². The van der Waals surface area contributed by atoms with E-state index in [4.69, 9.17) is 11.6 Å². The molecule has 2 rings (SSSR count). The lowest BCUT2D eigenvalue weighted by molar-refractivity contribution is -0.385. The second-order valence-corrected chi connectivity index (χ2v) is 4.95. The average Bonchev–Trinajstić information content (AvgIpc) is 2.49. The number of halogens is 1. The Labute approximate surface area is 131 Å². The fourth-order valence-electron chi connectivity index (χ4n) is 1.73. The molecule has 0 aliphatic rings. The predicted octanol–water partition coefficient (Wildman–Crippen LogP) is 3.32. The van der Waals surface area contributed by atoms with Crippen molar-refractivity contribution in [3.05, 3.63) is 74.3 Å². The monoisotopic (exact) mass is 317 g/mol. The van der Waals surface area contributed by atoms with Crippen LogP contribution in [0.5, 0.6) is 0 Å². The highest BCUT2D eigenvalue weighted by atomic mass is 35.5. The van der Waals surface area contributed by atoms with Gasteiger partial charge >= 0.3 is 0 Å². The third-order valence-electron chi connectivity index (χ3n) is 2.92. The lowest BCUT2D eigenvalue weighted by atomic mass is 10.1. The molecule has 0 saturated carbocycles. The molecule has 0 radical (unpaired) electrons. The first-order chi connectivity index (χ1) is 10.5. The van der Waals surface area contributed by atoms with Crippen LogP contribution >= 0.6 is 11.6 Å². The van der Waals surface area contributed by atoms with Gasteiger partial charge in [-0.25, -0.2) is 5.43 Å². The minimum absolute atomic E-state index is 0.102. The van der Waals surface area contributed by atoms with Crippen molar-refractivity contribution in [1.29, 1.82) is 0 Å². The summed E-state index contributed by atoms with van der Waals surface area (Å²) in [6.45, 7) is 1.61. The largest absolute Gasteiger partial charge is 0.273 e. The van der Waals surface area contributed by atoms with Crippen LogP contribution in [0.3, 0.4) is 0 Å². The molecule has 1 amide bonds. The van der Waals surface area contributed by atoms with Crippen molar-refractivity contribution in [2.75, 3.05) is 0 Å². The quantitative estimate of drug-likeness (QED) is 0.533. The Hall–Kier alpha value is -2.73. The first-order valence-electron chi connectivity index (χ1n) is 6.31. The molecule has 0 saturated heterocycles. The molecule has 0 spiro atoms. The third kappa shape index (κ3) is 3.89. The normalized spacial score (nSPS) is 10.6. The molecule has 0 aromatic heterocycles. The second-order valence-electron chi connectivity index (χ2n) is 4.51. The van der Waals surface area contributed by atoms with Crippen LogP contribution in [-0.2, 0) is 0 Å². The van der Waals surface area contributed by atoms with Crippen molar-refractivity contribution < 1.29 is 9.72 Å². The molecule has 0 atom stereocenters. The van der Waals surface area contributed by atoms with Gasteiger partial charge in [0.25, 0.3) is 11.6 Å². The van der Waals surface area contributed by atoms with Crippen molar-refractivity contribution in [3.8, 4) is 0 Å². The highest BCUT2D eigenvalue weighted by Crippen LogP contribution is 2.19. The van der Waals surface area contributed by atoms with E-state index in [1.54, 1.807) is 31.2 Å². The number of hydrogen-bond acceptors (Lipinski definition) is 4. The van der Waals surface area contributed by atoms with Gasteiger partial charge in [-0.1, -0.05) is 29.8 Å². The highest BCUT2D eigenvalue weighted by Gasteiger charge is 2.14. The summed E-state index contributed by atoms with van der Waals surface area (Å²) >= 11 is 5.76. The summed E-state index contributed by atoms with van der Waals surface area (Å²) in [4.78, 5) is 22.2. The van der Waals surface area contributed by atoms with Gasteiger partial charge in [0.2, 0.25) is 0 Å². The van der Waals surface area contributed by atoms with E-state index >= 15 is 0 Å². The smallest absolute Gasteiger partial charge is 0.267 e. The van der Waals surface area contributed by atoms with E-state index in [2.05, 4.69) is 10.5 Å². The topological polar surface area (TPSA) is 84.6 Å². The van der Waals surface area contributed by atoms with Crippen LogP contribution in [0.25, 0.3) is 0 Å². The first-order valence-corrected chi connectivity index (χ1v) is 6.69. The van der Waals surface area contributed by atoms with E-state index in [9.17, 15) is 14.9 Å². The predicted molar refractivity (Wildman–Crippen MR) is 84.3 cm³/mol. The van der Waals surface area contributed by atoms with Gasteiger partial charge in [-0.15, -0.1) is 0 Å². The molecule has 2 aromatic carbocycles. The number of hydrogen-bond donors (Lipinski definition) is 1. The van der Waals surface area contributed by atoms with Gasteiger partial charge < -0.3 is 0 Å². The van der Waals surface area contributed by atoms with Crippen LogP contribution in [0.15, 0.2) is 47.6 Å². The molecule has 1 N–H and O–H groups in total. The number of rotatable bonds is 4. The Morgan fingerprint density at radius 1 is 1.27 bits per heavy atom. The van der Waals surface area contributed by atoms with Gasteiger partial charge in [-0.05, 0) is 30.7 Å². The average molecular weight is 318 g/mol. The maximum Gasteiger partial charge on any atom is 0.273 e. The Kier molecular flexibility index (Phi) is 4.85. The summed E-state index contributed by atoms with van der Waals surface area (Å²) < 4.78 is 0. The number of nitro groups is 1. The van der Waals surface area contributed by atoms with Crippen molar-refractivity contribution in [2.45, 2.75) is 6.92 Å². The van der Waals surface area contributed by atoms with Crippen LogP contribution in [0, 0.1) is 17.0 Å². The van der Waals surface area contributed by atoms with Crippen LogP contribution in [0.4, 0.5) is 5.69 Å². The fourth-order valence-corrected chi connectivity index (χ4v) is 1.85. The van der Waals surface area contributed by atoms with Gasteiger partial charge in [0.1, 0.15) is 0 Å². The number of nitrogens with one attached hydrogen (secondary N) is 1. The van der Waals surface area contributed by atoms with Crippen LogP contribution in [0.1, 0.15) is 21.5 Å². The van der Waals surface area contributed by atoms with Crippen LogP contribution < -0.4 is 5.43 Å². The highest BCUT2D eigenvalue weighted by molar-refractivity contribution is 6.30. The molecule has 0 unspecified atom stereocenters. The molecule has 0 bridgehead atoms. The number of aryl methyl sites for hydroxylation is 1. The van der Waals surface area contributed by atoms with Gasteiger partial charge in [-0.2, -0.15) is 5.10 Å². The lowest BCUT2D eigenvalue weighted by Crippen LogP contribution is -2.17. The summed E-state index contributed by atoms with van der Waals surface area (Å²) in [5.41, 5.74) is 3.65. The summed E-state index contributed by atoms with van der Waals surface area (Å²) in [5, 5.41) is 15.3. The van der Waals surface area contributed by atoms with Crippen molar-refractivity contribution in [3.63, 3.8) is 0 Å². The first kappa shape index (κ1) is 15.7. The maximum atomic E-state index is 11.9. The Morgan fingerprint density at radius 2 is 1.95 bits per heavy atom. The van der Waals surface area contributed by atoms with Gasteiger partial charge in [0.05, 0.1) is 11.1 Å². The molecule has 0 aliphatic carbocycles. The molecule has 7 heteroatoms. The number of nitrogens with zero attached hydrogens (tertiary/aromatic N) is 2. The molecular formula is C15H12ClN3O3. The number of benzene rings is 2. The fraction of sp³-hybridized carbons (Fsp3) is 0.0667. The lowest BCUT2D eigenvalue weighted by Gasteiger charge is -2.02. The van der Waals surface area contributed by atoms with Crippen molar-refractivity contribution >= 4 is 29.4 Å². The number of carbonyl (C=O) groups is 1. The van der Waals surface area contributed by atoms with E-state index in [-0.39, 0.29) is 11.3 Å². The van der Waals surface area contributed by atoms with Crippen LogP contribution in [-0.4, -0.2) is 17.0 Å². The summed E-state index contributed by atoms with van der Waals surface area (Å²) in [7, 11) is 0. The Balaban J connectivity index is 2.08. The van der Waals surface area contributed by atoms with E-state index in [0.29, 0.717) is 10.6 Å². The zero-order chi connectivity index (χ0) is 16.1. The molecule has 2 aromatic rings. The van der Waals surface area contributed by atoms with E-state index in [0.717, 1.165) is 5.56 Å². The number of hydrazone groups is 1. The summed E-state index contributed by atoms with van der Waals surface area (Å²) in [5.74, 6) is -0.520.